The molecule has 5 rings (SSSR count). The van der Waals surface area contributed by atoms with Crippen LogP contribution in [0.15, 0.2) is 69.6 Å². The summed E-state index contributed by atoms with van der Waals surface area (Å²) < 4.78 is 2.09. The molecule has 0 aliphatic heterocycles. The zero-order valence-electron chi connectivity index (χ0n) is 15.4. The van der Waals surface area contributed by atoms with Crippen LogP contribution >= 0.6 is 57.1 Å². The van der Waals surface area contributed by atoms with Crippen LogP contribution < -0.4 is 0 Å². The fourth-order valence-electron chi connectivity index (χ4n) is 4.04. The first kappa shape index (κ1) is 19.9. The lowest BCUT2D eigenvalue weighted by Gasteiger charge is -2.14. The Hall–Kier alpha value is -2.08. The Morgan fingerprint density at radius 2 is 0.867 bits per heavy atom. The molecule has 30 heavy (non-hydrogen) atoms. The molecule has 0 unspecified atom stereocenters. The number of hydrogen-bond acceptors (Lipinski definition) is 2. The predicted octanol–water partition coefficient (Wildman–Crippen LogP) is 8.30. The Morgan fingerprint density at radius 1 is 0.500 bits per heavy atom. The SMILES string of the molecule is SC#Cc1c2cc3ccc(Br)cc3cc2c(C#CS)c2cc3ccc(Br)cc3cc12. The zero-order valence-corrected chi connectivity index (χ0v) is 20.4. The molecular formula is C26H12Br2S2. The Bertz CT molecular complexity index is 1520. The molecule has 142 valence electrons. The molecule has 0 N–H and O–H groups in total. The van der Waals surface area contributed by atoms with Gasteiger partial charge in [-0.15, -0.1) is 0 Å². The Balaban J connectivity index is 2.08. The van der Waals surface area contributed by atoms with E-state index in [2.05, 4.69) is 140 Å². The third kappa shape index (κ3) is 3.29. The molecule has 0 radical (unpaired) electrons. The van der Waals surface area contributed by atoms with Gasteiger partial charge in [0.25, 0.3) is 0 Å². The zero-order chi connectivity index (χ0) is 20.8. The van der Waals surface area contributed by atoms with Crippen LogP contribution in [-0.4, -0.2) is 0 Å². The normalized spacial score (nSPS) is 10.8. The van der Waals surface area contributed by atoms with Gasteiger partial charge in [0.05, 0.1) is 0 Å². The molecule has 0 amide bonds. The highest BCUT2D eigenvalue weighted by molar-refractivity contribution is 9.10. The van der Waals surface area contributed by atoms with Gasteiger partial charge in [-0.3, -0.25) is 0 Å². The van der Waals surface area contributed by atoms with Crippen LogP contribution in [0.1, 0.15) is 11.1 Å². The van der Waals surface area contributed by atoms with Gasteiger partial charge in [-0.05, 0) is 102 Å². The number of benzene rings is 5. The Labute approximate surface area is 202 Å². The first-order valence-electron chi connectivity index (χ1n) is 9.11. The highest BCUT2D eigenvalue weighted by Crippen LogP contribution is 2.38. The molecule has 0 bridgehead atoms. The summed E-state index contributed by atoms with van der Waals surface area (Å²) >= 11 is 15.6. The summed E-state index contributed by atoms with van der Waals surface area (Å²) in [7, 11) is 0. The van der Waals surface area contributed by atoms with Crippen molar-refractivity contribution in [1.29, 1.82) is 0 Å². The standard InChI is InChI=1S/C26H12Br2S2/c27-19-3-1-15-11-23-21(5-7-29)26-14-18-10-20(28)4-2-16(18)12-24(26)22(6-8-30)25(23)13-17(15)9-19/h1-4,9-14,29-30H. The molecule has 0 nitrogen and oxygen atoms in total. The van der Waals surface area contributed by atoms with Gasteiger partial charge in [-0.1, -0.05) is 81.1 Å². The monoisotopic (exact) mass is 546 g/mol. The number of halogens is 2. The third-order valence-electron chi connectivity index (χ3n) is 5.32. The summed E-state index contributed by atoms with van der Waals surface area (Å²) in [6.07, 6.45) is 0. The van der Waals surface area contributed by atoms with Crippen molar-refractivity contribution in [2.75, 3.05) is 0 Å². The molecule has 0 aliphatic rings. The second-order valence-corrected chi connectivity index (χ2v) is 9.28. The van der Waals surface area contributed by atoms with E-state index in [1.165, 1.54) is 0 Å². The highest BCUT2D eigenvalue weighted by Gasteiger charge is 2.14. The first-order valence-corrected chi connectivity index (χ1v) is 11.6. The van der Waals surface area contributed by atoms with Gasteiger partial charge in [-0.2, -0.15) is 0 Å². The van der Waals surface area contributed by atoms with Crippen molar-refractivity contribution in [3.63, 3.8) is 0 Å². The number of rotatable bonds is 0. The number of thiol groups is 2. The minimum Gasteiger partial charge on any atom is -0.0918 e. The smallest absolute Gasteiger partial charge is 0.0412 e. The van der Waals surface area contributed by atoms with Gasteiger partial charge >= 0.3 is 0 Å². The van der Waals surface area contributed by atoms with Gasteiger partial charge in [0.15, 0.2) is 0 Å². The van der Waals surface area contributed by atoms with E-state index in [-0.39, 0.29) is 0 Å². The average Bonchev–Trinajstić information content (AvgIpc) is 2.74. The van der Waals surface area contributed by atoms with Crippen LogP contribution in [-0.2, 0) is 0 Å². The molecule has 0 heterocycles. The summed E-state index contributed by atoms with van der Waals surface area (Å²) in [5.74, 6) is 6.49. The van der Waals surface area contributed by atoms with Crippen LogP contribution in [0.4, 0.5) is 0 Å². The van der Waals surface area contributed by atoms with E-state index >= 15 is 0 Å². The van der Waals surface area contributed by atoms with Crippen LogP contribution in [0.25, 0.3) is 43.1 Å². The van der Waals surface area contributed by atoms with Crippen molar-refractivity contribution in [1.82, 2.24) is 0 Å². The summed E-state index contributed by atoms with van der Waals surface area (Å²) in [5, 5.41) is 14.5. The van der Waals surface area contributed by atoms with Crippen molar-refractivity contribution < 1.29 is 0 Å². The summed E-state index contributed by atoms with van der Waals surface area (Å²) in [6.45, 7) is 0. The quantitative estimate of drug-likeness (QED) is 0.109. The van der Waals surface area contributed by atoms with Crippen LogP contribution in [0.5, 0.6) is 0 Å². The van der Waals surface area contributed by atoms with Gasteiger partial charge < -0.3 is 0 Å². The molecule has 4 heteroatoms. The summed E-state index contributed by atoms with van der Waals surface area (Å²) in [6, 6.07) is 21.4. The highest BCUT2D eigenvalue weighted by atomic mass is 79.9. The first-order chi connectivity index (χ1) is 14.6. The van der Waals surface area contributed by atoms with Crippen molar-refractivity contribution in [3.8, 4) is 22.3 Å². The maximum absolute atomic E-state index is 4.21. The molecule has 0 saturated carbocycles. The molecule has 0 fully saturated rings. The largest absolute Gasteiger partial charge is 0.0918 e. The van der Waals surface area contributed by atoms with Gasteiger partial charge in [0.2, 0.25) is 0 Å². The lowest BCUT2D eigenvalue weighted by atomic mass is 9.89. The fourth-order valence-corrected chi connectivity index (χ4v) is 5.02. The van der Waals surface area contributed by atoms with Crippen LogP contribution in [0, 0.1) is 22.3 Å². The Kier molecular flexibility index (Phi) is 5.21. The Morgan fingerprint density at radius 3 is 1.23 bits per heavy atom. The predicted molar refractivity (Wildman–Crippen MR) is 144 cm³/mol. The maximum atomic E-state index is 4.21. The molecule has 5 aromatic rings. The van der Waals surface area contributed by atoms with Gasteiger partial charge in [0.1, 0.15) is 0 Å². The molecule has 0 aliphatic carbocycles. The number of hydrogen-bond donors (Lipinski definition) is 2. The minimum absolute atomic E-state index is 0.964. The second-order valence-electron chi connectivity index (χ2n) is 7.00. The van der Waals surface area contributed by atoms with Crippen LogP contribution in [0.2, 0.25) is 0 Å². The van der Waals surface area contributed by atoms with E-state index in [1.807, 2.05) is 0 Å². The minimum atomic E-state index is 0.964. The topological polar surface area (TPSA) is 0 Å². The average molecular weight is 548 g/mol. The van der Waals surface area contributed by atoms with Gasteiger partial charge in [0, 0.05) is 20.1 Å². The van der Waals surface area contributed by atoms with Crippen molar-refractivity contribution in [2.45, 2.75) is 0 Å². The molecule has 5 aromatic carbocycles. The lowest BCUT2D eigenvalue weighted by Crippen LogP contribution is -1.92. The van der Waals surface area contributed by atoms with Crippen molar-refractivity contribution >= 4 is 100 Å². The van der Waals surface area contributed by atoms with Gasteiger partial charge in [-0.25, -0.2) is 0 Å². The summed E-state index contributed by atoms with van der Waals surface area (Å²) in [5.41, 5.74) is 1.93. The maximum Gasteiger partial charge on any atom is 0.0412 e. The molecule has 0 atom stereocenters. The molecular weight excluding hydrogens is 536 g/mol. The molecule has 0 aromatic heterocycles. The van der Waals surface area contributed by atoms with Crippen LogP contribution in [0.3, 0.4) is 0 Å². The van der Waals surface area contributed by atoms with E-state index in [0.29, 0.717) is 0 Å². The lowest BCUT2D eigenvalue weighted by molar-refractivity contribution is 1.70. The van der Waals surface area contributed by atoms with E-state index < -0.39 is 0 Å². The van der Waals surface area contributed by atoms with Crippen molar-refractivity contribution in [3.05, 3.63) is 80.7 Å². The van der Waals surface area contributed by atoms with E-state index in [0.717, 1.165) is 63.2 Å². The van der Waals surface area contributed by atoms with Crippen molar-refractivity contribution in [2.24, 2.45) is 0 Å². The fraction of sp³-hybridized carbons (Fsp3) is 0. The van der Waals surface area contributed by atoms with E-state index in [4.69, 9.17) is 0 Å². The summed E-state index contributed by atoms with van der Waals surface area (Å²) in [4.78, 5) is 0. The van der Waals surface area contributed by atoms with E-state index in [1.54, 1.807) is 0 Å². The van der Waals surface area contributed by atoms with E-state index in [9.17, 15) is 0 Å². The third-order valence-corrected chi connectivity index (χ3v) is 6.53. The second kappa shape index (κ2) is 7.88. The number of fused-ring (bicyclic) bond motifs is 4. The molecule has 0 saturated heterocycles. The molecule has 0 spiro atoms.